The number of thiocarbonyl (C=S) groups is 1. The van der Waals surface area contributed by atoms with Crippen LogP contribution >= 0.6 is 23.8 Å². The van der Waals surface area contributed by atoms with Gasteiger partial charge in [0.1, 0.15) is 11.2 Å². The first-order valence-electron chi connectivity index (χ1n) is 12.7. The highest BCUT2D eigenvalue weighted by atomic mass is 35.5. The number of benzene rings is 3. The van der Waals surface area contributed by atoms with Gasteiger partial charge in [-0.1, -0.05) is 24.6 Å². The highest BCUT2D eigenvalue weighted by molar-refractivity contribution is 7.80. The molecule has 1 fully saturated rings. The largest absolute Gasteiger partial charge is 0.436 e. The van der Waals surface area contributed by atoms with Gasteiger partial charge in [0.2, 0.25) is 5.89 Å². The van der Waals surface area contributed by atoms with Crippen LogP contribution in [0.4, 0.5) is 17.1 Å². The first-order chi connectivity index (χ1) is 18.8. The van der Waals surface area contributed by atoms with Crippen LogP contribution < -0.4 is 15.5 Å². The van der Waals surface area contributed by atoms with Crippen LogP contribution in [0.5, 0.6) is 0 Å². The lowest BCUT2D eigenvalue weighted by Crippen LogP contribution is -2.34. The number of carbonyl (C=O) groups is 1. The van der Waals surface area contributed by atoms with Crippen LogP contribution in [0, 0.1) is 10.1 Å². The number of fused-ring (bicyclic) bond motifs is 1. The summed E-state index contributed by atoms with van der Waals surface area (Å²) in [6.07, 6.45) is 3.96. The van der Waals surface area contributed by atoms with Crippen LogP contribution in [0.25, 0.3) is 22.6 Å². The number of amides is 1. The van der Waals surface area contributed by atoms with Gasteiger partial charge in [0.05, 0.1) is 15.5 Å². The number of nitro benzene ring substituents is 1. The minimum atomic E-state index is -0.555. The standard InChI is InChI=1S/C28H26ClN5O4S/c1-2-17-6-11-25-22(14-17)31-27(38-25)20-16-19(8-9-21(20)29)30-28(39)32-26(35)18-7-10-23(24(15-18)34(36)37)33-12-4-3-5-13-33/h6-11,14-16H,2-5,12-13H2,1H3,(H2,30,32,35,39). The summed E-state index contributed by atoms with van der Waals surface area (Å²) >= 11 is 11.8. The number of hydrogen-bond donors (Lipinski definition) is 2. The maximum atomic E-state index is 12.9. The lowest BCUT2D eigenvalue weighted by molar-refractivity contribution is -0.384. The molecule has 0 radical (unpaired) electrons. The number of carbonyl (C=O) groups excluding carboxylic acids is 1. The number of aromatic nitrogens is 1. The summed E-state index contributed by atoms with van der Waals surface area (Å²) in [5.74, 6) is -0.191. The van der Waals surface area contributed by atoms with Gasteiger partial charge in [0, 0.05) is 30.4 Å². The molecule has 4 aromatic rings. The quantitative estimate of drug-likeness (QED) is 0.151. The van der Waals surface area contributed by atoms with Gasteiger partial charge in [-0.2, -0.15) is 0 Å². The summed E-state index contributed by atoms with van der Waals surface area (Å²) in [7, 11) is 0. The third kappa shape index (κ3) is 5.86. The Balaban J connectivity index is 1.31. The molecule has 1 saturated heterocycles. The van der Waals surface area contributed by atoms with E-state index in [0.717, 1.165) is 49.9 Å². The van der Waals surface area contributed by atoms with E-state index >= 15 is 0 Å². The minimum Gasteiger partial charge on any atom is -0.436 e. The molecule has 0 unspecified atom stereocenters. The smallest absolute Gasteiger partial charge is 0.293 e. The average molecular weight is 564 g/mol. The molecule has 0 spiro atoms. The van der Waals surface area contributed by atoms with E-state index in [1.54, 1.807) is 30.3 Å². The Bertz CT molecular complexity index is 1580. The molecule has 1 aromatic heterocycles. The van der Waals surface area contributed by atoms with Crippen molar-refractivity contribution in [3.8, 4) is 11.5 Å². The first kappa shape index (κ1) is 26.6. The monoisotopic (exact) mass is 563 g/mol. The van der Waals surface area contributed by atoms with Crippen LogP contribution in [0.1, 0.15) is 42.1 Å². The van der Waals surface area contributed by atoms with E-state index in [9.17, 15) is 14.9 Å². The van der Waals surface area contributed by atoms with E-state index in [4.69, 9.17) is 28.2 Å². The average Bonchev–Trinajstić information content (AvgIpc) is 3.37. The zero-order valence-electron chi connectivity index (χ0n) is 21.2. The molecule has 1 aliphatic rings. The van der Waals surface area contributed by atoms with Crippen molar-refractivity contribution in [1.82, 2.24) is 10.3 Å². The molecular weight excluding hydrogens is 538 g/mol. The molecule has 11 heteroatoms. The van der Waals surface area contributed by atoms with Gasteiger partial charge in [-0.15, -0.1) is 0 Å². The van der Waals surface area contributed by atoms with E-state index in [-0.39, 0.29) is 16.4 Å². The number of hydrogen-bond acceptors (Lipinski definition) is 7. The summed E-state index contributed by atoms with van der Waals surface area (Å²) < 4.78 is 5.92. The second kappa shape index (κ2) is 11.4. The predicted molar refractivity (Wildman–Crippen MR) is 157 cm³/mol. The lowest BCUT2D eigenvalue weighted by Gasteiger charge is -2.28. The zero-order chi connectivity index (χ0) is 27.5. The summed E-state index contributed by atoms with van der Waals surface area (Å²) in [5, 5.41) is 17.8. The summed E-state index contributed by atoms with van der Waals surface area (Å²) in [6.45, 7) is 3.58. The Hall–Kier alpha value is -4.02. The maximum absolute atomic E-state index is 12.9. The predicted octanol–water partition coefficient (Wildman–Crippen LogP) is 6.74. The first-order valence-corrected chi connectivity index (χ1v) is 13.5. The Kier molecular flexibility index (Phi) is 7.76. The van der Waals surface area contributed by atoms with Crippen LogP contribution in [0.15, 0.2) is 59.0 Å². The molecule has 0 atom stereocenters. The van der Waals surface area contributed by atoms with Gasteiger partial charge in [-0.3, -0.25) is 20.2 Å². The van der Waals surface area contributed by atoms with Crippen LogP contribution in [0.2, 0.25) is 5.02 Å². The van der Waals surface area contributed by atoms with Crippen molar-refractivity contribution in [3.63, 3.8) is 0 Å². The number of oxazole rings is 1. The maximum Gasteiger partial charge on any atom is 0.293 e. The molecule has 5 rings (SSSR count). The fourth-order valence-electron chi connectivity index (χ4n) is 4.63. The molecule has 39 heavy (non-hydrogen) atoms. The van der Waals surface area contributed by atoms with Crippen molar-refractivity contribution in [3.05, 3.63) is 80.9 Å². The number of rotatable bonds is 6. The number of nitrogens with one attached hydrogen (secondary N) is 2. The SMILES string of the molecule is CCc1ccc2oc(-c3cc(NC(=S)NC(=O)c4ccc(N5CCCCC5)c([N+](=O)[O-])c4)ccc3Cl)nc2c1. The molecule has 1 aliphatic heterocycles. The van der Waals surface area contributed by atoms with Gasteiger partial charge < -0.3 is 14.6 Å². The van der Waals surface area contributed by atoms with Crippen molar-refractivity contribution in [1.29, 1.82) is 0 Å². The molecule has 1 amide bonds. The summed E-state index contributed by atoms with van der Waals surface area (Å²) in [5.41, 5.74) is 4.22. The normalized spacial score (nSPS) is 13.3. The minimum absolute atomic E-state index is 0.0289. The van der Waals surface area contributed by atoms with Crippen LogP contribution in [0.3, 0.4) is 0 Å². The van der Waals surface area contributed by atoms with E-state index in [1.165, 1.54) is 6.07 Å². The number of anilines is 2. The Morgan fingerprint density at radius 3 is 2.67 bits per heavy atom. The molecule has 0 aliphatic carbocycles. The third-order valence-corrected chi connectivity index (χ3v) is 7.21. The zero-order valence-corrected chi connectivity index (χ0v) is 22.8. The molecule has 9 nitrogen and oxygen atoms in total. The van der Waals surface area contributed by atoms with Crippen molar-refractivity contribution < 1.29 is 14.1 Å². The molecule has 0 saturated carbocycles. The Labute approximate surface area is 235 Å². The van der Waals surface area contributed by atoms with Gasteiger partial charge in [0.15, 0.2) is 10.7 Å². The van der Waals surface area contributed by atoms with Crippen molar-refractivity contribution >= 4 is 63.0 Å². The molecule has 3 aromatic carbocycles. The molecule has 0 bridgehead atoms. The number of piperidine rings is 1. The number of aryl methyl sites for hydroxylation is 1. The molecule has 200 valence electrons. The second-order valence-electron chi connectivity index (χ2n) is 9.29. The summed E-state index contributed by atoms with van der Waals surface area (Å²) in [4.78, 5) is 30.8. The van der Waals surface area contributed by atoms with Crippen molar-refractivity contribution in [2.45, 2.75) is 32.6 Å². The fraction of sp³-hybridized carbons (Fsp3) is 0.250. The van der Waals surface area contributed by atoms with Gasteiger partial charge in [-0.05, 0) is 85.9 Å². The van der Waals surface area contributed by atoms with Gasteiger partial charge >= 0.3 is 0 Å². The number of nitro groups is 1. The molecular formula is C28H26ClN5O4S. The highest BCUT2D eigenvalue weighted by Crippen LogP contribution is 2.33. The van der Waals surface area contributed by atoms with Gasteiger partial charge in [-0.25, -0.2) is 4.98 Å². The summed E-state index contributed by atoms with van der Waals surface area (Å²) in [6, 6.07) is 15.5. The van der Waals surface area contributed by atoms with E-state index in [1.807, 2.05) is 23.1 Å². The van der Waals surface area contributed by atoms with Crippen molar-refractivity contribution in [2.75, 3.05) is 23.3 Å². The van der Waals surface area contributed by atoms with Gasteiger partial charge in [0.25, 0.3) is 11.6 Å². The second-order valence-corrected chi connectivity index (χ2v) is 10.1. The Morgan fingerprint density at radius 1 is 1.13 bits per heavy atom. The number of nitrogens with zero attached hydrogens (tertiary/aromatic N) is 3. The Morgan fingerprint density at radius 2 is 1.92 bits per heavy atom. The van der Waals surface area contributed by atoms with E-state index in [2.05, 4.69) is 22.5 Å². The third-order valence-electron chi connectivity index (χ3n) is 6.67. The van der Waals surface area contributed by atoms with Crippen LogP contribution in [-0.2, 0) is 6.42 Å². The highest BCUT2D eigenvalue weighted by Gasteiger charge is 2.23. The molecule has 2 heterocycles. The fourth-order valence-corrected chi connectivity index (χ4v) is 5.03. The van der Waals surface area contributed by atoms with Crippen molar-refractivity contribution in [2.24, 2.45) is 0 Å². The topological polar surface area (TPSA) is 114 Å². The number of halogens is 1. The van der Waals surface area contributed by atoms with Crippen LogP contribution in [-0.4, -0.2) is 34.0 Å². The molecule has 2 N–H and O–H groups in total. The lowest BCUT2D eigenvalue weighted by atomic mass is 10.1. The van der Waals surface area contributed by atoms with E-state index < -0.39 is 10.8 Å². The van der Waals surface area contributed by atoms with E-state index in [0.29, 0.717) is 33.4 Å².